The molecule has 0 aromatic carbocycles. The topological polar surface area (TPSA) is 58.6 Å². The fourth-order valence-electron chi connectivity index (χ4n) is 1.32. The van der Waals surface area contributed by atoms with Crippen LogP contribution in [0.4, 0.5) is 4.79 Å². The summed E-state index contributed by atoms with van der Waals surface area (Å²) in [6, 6.07) is 0. The van der Waals surface area contributed by atoms with Gasteiger partial charge >= 0.3 is 6.09 Å². The Bertz CT molecular complexity index is 185. The summed E-state index contributed by atoms with van der Waals surface area (Å²) in [4.78, 5) is 11.2. The molecule has 4 heteroatoms. The van der Waals surface area contributed by atoms with Crippen LogP contribution in [0.1, 0.15) is 40.0 Å². The van der Waals surface area contributed by atoms with Gasteiger partial charge in [-0.05, 0) is 12.8 Å². The largest absolute Gasteiger partial charge is 0.449 e. The summed E-state index contributed by atoms with van der Waals surface area (Å²) >= 11 is 0. The Morgan fingerprint density at radius 1 is 1.40 bits per heavy atom. The van der Waals surface area contributed by atoms with Gasteiger partial charge in [0, 0.05) is 12.0 Å². The molecule has 0 aromatic rings. The zero-order valence-corrected chi connectivity index (χ0v) is 10.0. The molecule has 0 rings (SSSR count). The van der Waals surface area contributed by atoms with Gasteiger partial charge in [-0.2, -0.15) is 0 Å². The van der Waals surface area contributed by atoms with E-state index >= 15 is 0 Å². The van der Waals surface area contributed by atoms with Crippen molar-refractivity contribution in [1.82, 2.24) is 5.32 Å². The van der Waals surface area contributed by atoms with Crippen molar-refractivity contribution in [3.05, 3.63) is 0 Å². The molecule has 90 valence electrons. The lowest BCUT2D eigenvalue weighted by atomic mass is 9.88. The summed E-state index contributed by atoms with van der Waals surface area (Å²) < 4.78 is 5.04. The lowest BCUT2D eigenvalue weighted by Crippen LogP contribution is -2.33. The SMILES string of the molecule is CCCNC(=O)OCC(C)(CO)CCC. The first kappa shape index (κ1) is 14.2. The molecule has 0 aliphatic rings. The average Bonchev–Trinajstić information content (AvgIpc) is 2.24. The van der Waals surface area contributed by atoms with E-state index in [9.17, 15) is 9.90 Å². The number of rotatable bonds is 7. The first-order valence-corrected chi connectivity index (χ1v) is 5.59. The summed E-state index contributed by atoms with van der Waals surface area (Å²) in [6.45, 7) is 6.89. The van der Waals surface area contributed by atoms with Gasteiger partial charge < -0.3 is 15.2 Å². The van der Waals surface area contributed by atoms with Crippen LogP contribution in [0.25, 0.3) is 0 Å². The van der Waals surface area contributed by atoms with Crippen molar-refractivity contribution in [2.75, 3.05) is 19.8 Å². The summed E-state index contributed by atoms with van der Waals surface area (Å²) in [5.41, 5.74) is -0.307. The fourth-order valence-corrected chi connectivity index (χ4v) is 1.32. The van der Waals surface area contributed by atoms with E-state index in [4.69, 9.17) is 4.74 Å². The van der Waals surface area contributed by atoms with Crippen LogP contribution in [0, 0.1) is 5.41 Å². The van der Waals surface area contributed by atoms with Gasteiger partial charge in [0.2, 0.25) is 0 Å². The van der Waals surface area contributed by atoms with Crippen LogP contribution >= 0.6 is 0 Å². The van der Waals surface area contributed by atoms with Crippen molar-refractivity contribution >= 4 is 6.09 Å². The zero-order valence-electron chi connectivity index (χ0n) is 10.0. The third kappa shape index (κ3) is 6.33. The summed E-state index contributed by atoms with van der Waals surface area (Å²) in [7, 11) is 0. The number of aliphatic hydroxyl groups excluding tert-OH is 1. The quantitative estimate of drug-likeness (QED) is 0.685. The van der Waals surface area contributed by atoms with E-state index in [2.05, 4.69) is 5.32 Å². The maximum Gasteiger partial charge on any atom is 0.407 e. The molecule has 0 spiro atoms. The van der Waals surface area contributed by atoms with Crippen LogP contribution in [0.15, 0.2) is 0 Å². The van der Waals surface area contributed by atoms with Gasteiger partial charge in [0.05, 0.1) is 6.61 Å². The molecule has 1 unspecified atom stereocenters. The molecule has 0 aliphatic carbocycles. The maximum absolute atomic E-state index is 11.2. The van der Waals surface area contributed by atoms with Crippen LogP contribution in [0.3, 0.4) is 0 Å². The van der Waals surface area contributed by atoms with Crippen LogP contribution < -0.4 is 5.32 Å². The van der Waals surface area contributed by atoms with E-state index in [0.717, 1.165) is 19.3 Å². The highest BCUT2D eigenvalue weighted by Crippen LogP contribution is 2.22. The summed E-state index contributed by atoms with van der Waals surface area (Å²) in [5, 5.41) is 11.8. The van der Waals surface area contributed by atoms with Crippen LogP contribution in [-0.2, 0) is 4.74 Å². The Morgan fingerprint density at radius 2 is 2.07 bits per heavy atom. The molecule has 0 saturated heterocycles. The smallest absolute Gasteiger partial charge is 0.407 e. The predicted molar refractivity (Wildman–Crippen MR) is 59.7 cm³/mol. The lowest BCUT2D eigenvalue weighted by molar-refractivity contribution is 0.0435. The second-order valence-corrected chi connectivity index (χ2v) is 4.22. The minimum absolute atomic E-state index is 0.0435. The molecule has 0 radical (unpaired) electrons. The number of hydrogen-bond acceptors (Lipinski definition) is 3. The number of amides is 1. The third-order valence-corrected chi connectivity index (χ3v) is 2.31. The Hall–Kier alpha value is -0.770. The van der Waals surface area contributed by atoms with Gasteiger partial charge in [-0.3, -0.25) is 0 Å². The molecule has 1 atom stereocenters. The number of carbonyl (C=O) groups is 1. The van der Waals surface area contributed by atoms with Crippen molar-refractivity contribution in [1.29, 1.82) is 0 Å². The first-order valence-electron chi connectivity index (χ1n) is 5.59. The van der Waals surface area contributed by atoms with Gasteiger partial charge in [0.15, 0.2) is 0 Å². The molecular formula is C11H23NO3. The number of carbonyl (C=O) groups excluding carboxylic acids is 1. The van der Waals surface area contributed by atoms with Gasteiger partial charge in [0.1, 0.15) is 6.61 Å². The molecule has 2 N–H and O–H groups in total. The van der Waals surface area contributed by atoms with E-state index in [1.807, 2.05) is 20.8 Å². The predicted octanol–water partition coefficient (Wildman–Crippen LogP) is 1.92. The van der Waals surface area contributed by atoms with E-state index < -0.39 is 6.09 Å². The second kappa shape index (κ2) is 7.51. The van der Waals surface area contributed by atoms with Crippen LogP contribution in [-0.4, -0.2) is 31.0 Å². The Kier molecular flexibility index (Phi) is 7.13. The summed E-state index contributed by atoms with van der Waals surface area (Å²) in [5.74, 6) is 0. The molecule has 0 saturated carbocycles. The average molecular weight is 217 g/mol. The number of nitrogens with one attached hydrogen (secondary N) is 1. The number of hydrogen-bond donors (Lipinski definition) is 2. The van der Waals surface area contributed by atoms with E-state index in [1.54, 1.807) is 0 Å². The van der Waals surface area contributed by atoms with Gasteiger partial charge in [-0.15, -0.1) is 0 Å². The molecule has 4 nitrogen and oxygen atoms in total. The van der Waals surface area contributed by atoms with Crippen LogP contribution in [0.2, 0.25) is 0 Å². The molecule has 0 aliphatic heterocycles. The minimum atomic E-state index is -0.396. The van der Waals surface area contributed by atoms with Gasteiger partial charge in [-0.25, -0.2) is 4.79 Å². The van der Waals surface area contributed by atoms with Crippen molar-refractivity contribution in [3.8, 4) is 0 Å². The Balaban J connectivity index is 3.84. The molecule has 0 heterocycles. The highest BCUT2D eigenvalue weighted by Gasteiger charge is 2.24. The minimum Gasteiger partial charge on any atom is -0.449 e. The maximum atomic E-state index is 11.2. The third-order valence-electron chi connectivity index (χ3n) is 2.31. The fraction of sp³-hybridized carbons (Fsp3) is 0.909. The lowest BCUT2D eigenvalue weighted by Gasteiger charge is -2.26. The van der Waals surface area contributed by atoms with Crippen molar-refractivity contribution in [3.63, 3.8) is 0 Å². The van der Waals surface area contributed by atoms with Crippen LogP contribution in [0.5, 0.6) is 0 Å². The Labute approximate surface area is 92.0 Å². The Morgan fingerprint density at radius 3 is 2.53 bits per heavy atom. The molecule has 0 bridgehead atoms. The van der Waals surface area contributed by atoms with E-state index in [1.165, 1.54) is 0 Å². The van der Waals surface area contributed by atoms with Crippen molar-refractivity contribution in [2.24, 2.45) is 5.41 Å². The molecule has 15 heavy (non-hydrogen) atoms. The number of aliphatic hydroxyl groups is 1. The number of alkyl carbamates (subject to hydrolysis) is 1. The monoisotopic (exact) mass is 217 g/mol. The molecule has 0 aromatic heterocycles. The molecular weight excluding hydrogens is 194 g/mol. The van der Waals surface area contributed by atoms with Gasteiger partial charge in [0.25, 0.3) is 0 Å². The highest BCUT2D eigenvalue weighted by molar-refractivity contribution is 5.67. The molecule has 0 fully saturated rings. The van der Waals surface area contributed by atoms with Crippen molar-refractivity contribution < 1.29 is 14.6 Å². The molecule has 1 amide bonds. The van der Waals surface area contributed by atoms with E-state index in [0.29, 0.717) is 6.54 Å². The first-order chi connectivity index (χ1) is 7.08. The summed E-state index contributed by atoms with van der Waals surface area (Å²) in [6.07, 6.45) is 2.32. The zero-order chi connectivity index (χ0) is 11.7. The van der Waals surface area contributed by atoms with Gasteiger partial charge in [-0.1, -0.05) is 27.2 Å². The highest BCUT2D eigenvalue weighted by atomic mass is 16.5. The second-order valence-electron chi connectivity index (χ2n) is 4.22. The van der Waals surface area contributed by atoms with E-state index in [-0.39, 0.29) is 18.6 Å². The number of ether oxygens (including phenoxy) is 1. The normalized spacial score (nSPS) is 14.4. The standard InChI is InChI=1S/C11H23NO3/c1-4-6-11(3,8-13)9-15-10(14)12-7-5-2/h13H,4-9H2,1-3H3,(H,12,14). The van der Waals surface area contributed by atoms with Crippen molar-refractivity contribution in [2.45, 2.75) is 40.0 Å².